The average Bonchev–Trinajstić information content (AvgIpc) is 2.63. The summed E-state index contributed by atoms with van der Waals surface area (Å²) in [5.41, 5.74) is -1.28. The number of carbonyl (C=O) groups excluding carboxylic acids is 2. The van der Waals surface area contributed by atoms with E-state index in [2.05, 4.69) is 0 Å². The van der Waals surface area contributed by atoms with E-state index < -0.39 is 11.1 Å². The van der Waals surface area contributed by atoms with Crippen LogP contribution in [0.4, 0.5) is 0 Å². The van der Waals surface area contributed by atoms with Crippen molar-refractivity contribution in [1.29, 1.82) is 0 Å². The van der Waals surface area contributed by atoms with Crippen molar-refractivity contribution in [2.75, 3.05) is 26.3 Å². The Morgan fingerprint density at radius 3 is 2.55 bits per heavy atom. The van der Waals surface area contributed by atoms with Crippen molar-refractivity contribution >= 4 is 35.0 Å². The van der Waals surface area contributed by atoms with Crippen molar-refractivity contribution in [2.45, 2.75) is 51.3 Å². The maximum atomic E-state index is 13.3. The first-order valence-corrected chi connectivity index (χ1v) is 10.6. The molecule has 3 rings (SSSR count). The summed E-state index contributed by atoms with van der Waals surface area (Å²) in [7, 11) is 0. The minimum Gasteiger partial charge on any atom is -0.381 e. The SMILES string of the molecule is CC1COCC2N(C(=O)C(C)(C)O)CCN(C(=O)Cc3ccc(Cl)c(Cl)c3)C12C. The number of benzene rings is 1. The van der Waals surface area contributed by atoms with Crippen LogP contribution in [0, 0.1) is 5.92 Å². The monoisotopic (exact) mass is 442 g/mol. The number of ether oxygens (including phenoxy) is 1. The number of hydrogen-bond donors (Lipinski definition) is 1. The fraction of sp³-hybridized carbons (Fsp3) is 0.619. The van der Waals surface area contributed by atoms with Crippen LogP contribution in [-0.2, 0) is 20.7 Å². The highest BCUT2D eigenvalue weighted by Gasteiger charge is 2.55. The molecule has 29 heavy (non-hydrogen) atoms. The van der Waals surface area contributed by atoms with E-state index in [9.17, 15) is 14.7 Å². The van der Waals surface area contributed by atoms with Crippen LogP contribution in [0.25, 0.3) is 0 Å². The van der Waals surface area contributed by atoms with Gasteiger partial charge < -0.3 is 19.6 Å². The van der Waals surface area contributed by atoms with Gasteiger partial charge in [0, 0.05) is 19.0 Å². The smallest absolute Gasteiger partial charge is 0.254 e. The van der Waals surface area contributed by atoms with Crippen molar-refractivity contribution in [3.63, 3.8) is 0 Å². The van der Waals surface area contributed by atoms with Crippen LogP contribution in [0.1, 0.15) is 33.3 Å². The van der Waals surface area contributed by atoms with E-state index >= 15 is 0 Å². The third kappa shape index (κ3) is 4.13. The lowest BCUT2D eigenvalue weighted by Gasteiger charge is -2.59. The van der Waals surface area contributed by atoms with Crippen molar-refractivity contribution in [3.8, 4) is 0 Å². The van der Waals surface area contributed by atoms with E-state index in [4.69, 9.17) is 27.9 Å². The lowest BCUT2D eigenvalue weighted by atomic mass is 9.74. The van der Waals surface area contributed by atoms with Gasteiger partial charge in [-0.1, -0.05) is 36.2 Å². The van der Waals surface area contributed by atoms with Crippen LogP contribution in [0.3, 0.4) is 0 Å². The van der Waals surface area contributed by atoms with Crippen LogP contribution in [0.5, 0.6) is 0 Å². The molecule has 3 atom stereocenters. The normalized spacial score (nSPS) is 27.6. The minimum atomic E-state index is -1.48. The standard InChI is InChI=1S/C21H28Cl2N2O4/c1-13-11-29-12-17-21(13,4)25(8-7-24(17)19(27)20(2,3)28)18(26)10-14-5-6-15(22)16(23)9-14/h5-6,9,13,17,28H,7-8,10-12H2,1-4H3. The number of rotatable bonds is 3. The van der Waals surface area contributed by atoms with Gasteiger partial charge >= 0.3 is 0 Å². The minimum absolute atomic E-state index is 0.0245. The number of carbonyl (C=O) groups is 2. The van der Waals surface area contributed by atoms with Crippen molar-refractivity contribution in [2.24, 2.45) is 5.92 Å². The number of aliphatic hydroxyl groups is 1. The van der Waals surface area contributed by atoms with E-state index in [1.54, 1.807) is 23.1 Å². The lowest BCUT2D eigenvalue weighted by Crippen LogP contribution is -2.75. The number of halogens is 2. The van der Waals surface area contributed by atoms with E-state index in [0.717, 1.165) is 5.56 Å². The predicted molar refractivity (Wildman–Crippen MR) is 112 cm³/mol. The number of nitrogens with zero attached hydrogens (tertiary/aromatic N) is 2. The summed E-state index contributed by atoms with van der Waals surface area (Å²) >= 11 is 12.1. The second-order valence-electron chi connectivity index (χ2n) is 8.71. The quantitative estimate of drug-likeness (QED) is 0.780. The molecule has 2 heterocycles. The summed E-state index contributed by atoms with van der Waals surface area (Å²) < 4.78 is 5.74. The zero-order chi connectivity index (χ0) is 21.6. The Morgan fingerprint density at radius 1 is 1.24 bits per heavy atom. The Bertz CT molecular complexity index is 810. The van der Waals surface area contributed by atoms with Crippen molar-refractivity contribution in [1.82, 2.24) is 9.80 Å². The van der Waals surface area contributed by atoms with Gasteiger partial charge in [-0.25, -0.2) is 0 Å². The van der Waals surface area contributed by atoms with Crippen LogP contribution < -0.4 is 0 Å². The largest absolute Gasteiger partial charge is 0.381 e. The van der Waals surface area contributed by atoms with Crippen LogP contribution in [0.2, 0.25) is 10.0 Å². The number of fused-ring (bicyclic) bond motifs is 1. The molecule has 2 saturated heterocycles. The molecule has 2 aliphatic heterocycles. The van der Waals surface area contributed by atoms with Crippen LogP contribution in [0.15, 0.2) is 18.2 Å². The third-order valence-electron chi connectivity index (χ3n) is 6.26. The molecule has 0 aliphatic carbocycles. The van der Waals surface area contributed by atoms with E-state index in [1.165, 1.54) is 13.8 Å². The van der Waals surface area contributed by atoms with E-state index in [-0.39, 0.29) is 30.2 Å². The average molecular weight is 443 g/mol. The molecule has 0 saturated carbocycles. The molecule has 8 heteroatoms. The van der Waals surface area contributed by atoms with Gasteiger partial charge in [0.1, 0.15) is 5.60 Å². The molecule has 6 nitrogen and oxygen atoms in total. The Labute approximate surface area is 181 Å². The highest BCUT2D eigenvalue weighted by Crippen LogP contribution is 2.39. The molecule has 1 aromatic rings. The summed E-state index contributed by atoms with van der Waals surface area (Å²) in [4.78, 5) is 29.7. The maximum absolute atomic E-state index is 13.3. The number of piperazine rings is 1. The van der Waals surface area contributed by atoms with Gasteiger partial charge in [0.2, 0.25) is 5.91 Å². The fourth-order valence-electron chi connectivity index (χ4n) is 4.39. The first-order valence-electron chi connectivity index (χ1n) is 9.81. The van der Waals surface area contributed by atoms with Crippen molar-refractivity contribution < 1.29 is 19.4 Å². The number of hydrogen-bond acceptors (Lipinski definition) is 4. The Balaban J connectivity index is 1.89. The molecule has 3 unspecified atom stereocenters. The Hall–Kier alpha value is -1.34. The van der Waals surface area contributed by atoms with Gasteiger partial charge in [0.05, 0.1) is 41.3 Å². The third-order valence-corrected chi connectivity index (χ3v) is 7.00. The fourth-order valence-corrected chi connectivity index (χ4v) is 4.71. The summed E-state index contributed by atoms with van der Waals surface area (Å²) in [5, 5.41) is 11.1. The van der Waals surface area contributed by atoms with Crippen LogP contribution in [-0.4, -0.2) is 70.2 Å². The molecular weight excluding hydrogens is 415 g/mol. The van der Waals surface area contributed by atoms with Crippen molar-refractivity contribution in [3.05, 3.63) is 33.8 Å². The molecular formula is C21H28Cl2N2O4. The summed E-state index contributed by atoms with van der Waals surface area (Å²) in [5.74, 6) is -0.348. The molecule has 0 spiro atoms. The van der Waals surface area contributed by atoms with Gasteiger partial charge in [-0.2, -0.15) is 0 Å². The topological polar surface area (TPSA) is 70.1 Å². The van der Waals surface area contributed by atoms with Gasteiger partial charge in [-0.3, -0.25) is 9.59 Å². The molecule has 0 radical (unpaired) electrons. The number of amides is 2. The van der Waals surface area contributed by atoms with Gasteiger partial charge in [-0.15, -0.1) is 0 Å². The summed E-state index contributed by atoms with van der Waals surface area (Å²) in [6, 6.07) is 4.88. The molecule has 2 aliphatic rings. The molecule has 0 aromatic heterocycles. The van der Waals surface area contributed by atoms with E-state index in [1.807, 2.05) is 18.7 Å². The highest BCUT2D eigenvalue weighted by molar-refractivity contribution is 6.42. The Kier molecular flexibility index (Phi) is 6.21. The zero-order valence-electron chi connectivity index (χ0n) is 17.2. The van der Waals surface area contributed by atoms with Gasteiger partial charge in [-0.05, 0) is 38.5 Å². The molecule has 1 N–H and O–H groups in total. The summed E-state index contributed by atoms with van der Waals surface area (Å²) in [6.45, 7) is 8.62. The zero-order valence-corrected chi connectivity index (χ0v) is 18.8. The molecule has 2 fully saturated rings. The molecule has 2 amide bonds. The van der Waals surface area contributed by atoms with Gasteiger partial charge in [0.15, 0.2) is 0 Å². The maximum Gasteiger partial charge on any atom is 0.254 e. The summed E-state index contributed by atoms with van der Waals surface area (Å²) in [6.07, 6.45) is 0.201. The second kappa shape index (κ2) is 8.06. The molecule has 160 valence electrons. The van der Waals surface area contributed by atoms with E-state index in [0.29, 0.717) is 36.3 Å². The molecule has 0 bridgehead atoms. The first kappa shape index (κ1) is 22.3. The highest BCUT2D eigenvalue weighted by atomic mass is 35.5. The molecule has 1 aromatic carbocycles. The first-order chi connectivity index (χ1) is 13.5. The lowest BCUT2D eigenvalue weighted by molar-refractivity contribution is -0.186. The van der Waals surface area contributed by atoms with Gasteiger partial charge in [0.25, 0.3) is 5.91 Å². The Morgan fingerprint density at radius 2 is 1.93 bits per heavy atom. The predicted octanol–water partition coefficient (Wildman–Crippen LogP) is 2.77. The van der Waals surface area contributed by atoms with Crippen LogP contribution >= 0.6 is 23.2 Å². The second-order valence-corrected chi connectivity index (χ2v) is 9.52.